The minimum atomic E-state index is -0.834. The smallest absolute Gasteiger partial charge is 0.305 e. The van der Waals surface area contributed by atoms with Gasteiger partial charge in [0, 0.05) is 18.5 Å². The van der Waals surface area contributed by atoms with Crippen LogP contribution < -0.4 is 4.90 Å². The van der Waals surface area contributed by atoms with Crippen molar-refractivity contribution in [3.8, 4) is 6.07 Å². The summed E-state index contributed by atoms with van der Waals surface area (Å²) in [5.41, 5.74) is 2.48. The van der Waals surface area contributed by atoms with E-state index in [4.69, 9.17) is 10.4 Å². The molecule has 0 atom stereocenters. The largest absolute Gasteiger partial charge is 0.481 e. The van der Waals surface area contributed by atoms with Crippen LogP contribution in [0, 0.1) is 18.3 Å². The van der Waals surface area contributed by atoms with Gasteiger partial charge in [-0.2, -0.15) is 5.26 Å². The first-order valence-corrected chi connectivity index (χ1v) is 7.34. The molecule has 21 heavy (non-hydrogen) atoms. The van der Waals surface area contributed by atoms with Gasteiger partial charge < -0.3 is 10.0 Å². The van der Waals surface area contributed by atoms with E-state index in [-0.39, 0.29) is 6.42 Å². The van der Waals surface area contributed by atoms with Crippen molar-refractivity contribution in [1.82, 2.24) is 4.98 Å². The van der Waals surface area contributed by atoms with Crippen LogP contribution in [0.5, 0.6) is 0 Å². The SMILES string of the molecule is Cc1csc(N(CCC(=O)O)Cc2cccc(C#N)c2)n1. The minimum absolute atomic E-state index is 0.0522. The fraction of sp³-hybridized carbons (Fsp3) is 0.267. The molecule has 5 nitrogen and oxygen atoms in total. The minimum Gasteiger partial charge on any atom is -0.481 e. The molecule has 0 fully saturated rings. The zero-order chi connectivity index (χ0) is 15.2. The second kappa shape index (κ2) is 6.86. The lowest BCUT2D eigenvalue weighted by Crippen LogP contribution is -2.25. The normalized spacial score (nSPS) is 10.1. The molecule has 0 radical (unpaired) electrons. The van der Waals surface area contributed by atoms with Gasteiger partial charge in [0.05, 0.1) is 23.7 Å². The Labute approximate surface area is 127 Å². The molecule has 1 aromatic carbocycles. The number of hydrogen-bond donors (Lipinski definition) is 1. The Morgan fingerprint density at radius 3 is 2.95 bits per heavy atom. The van der Waals surface area contributed by atoms with Gasteiger partial charge in [0.25, 0.3) is 0 Å². The fourth-order valence-corrected chi connectivity index (χ4v) is 2.75. The third kappa shape index (κ3) is 4.29. The first-order valence-electron chi connectivity index (χ1n) is 6.46. The molecule has 6 heteroatoms. The first kappa shape index (κ1) is 15.0. The van der Waals surface area contributed by atoms with Crippen molar-refractivity contribution >= 4 is 22.4 Å². The predicted molar refractivity (Wildman–Crippen MR) is 81.3 cm³/mol. The number of nitrogens with zero attached hydrogens (tertiary/aromatic N) is 3. The monoisotopic (exact) mass is 301 g/mol. The second-order valence-corrected chi connectivity index (χ2v) is 5.49. The first-order chi connectivity index (χ1) is 10.1. The van der Waals surface area contributed by atoms with Crippen molar-refractivity contribution in [3.05, 3.63) is 46.5 Å². The zero-order valence-electron chi connectivity index (χ0n) is 11.6. The van der Waals surface area contributed by atoms with E-state index in [0.29, 0.717) is 18.7 Å². The summed E-state index contributed by atoms with van der Waals surface area (Å²) in [5.74, 6) is -0.834. The lowest BCUT2D eigenvalue weighted by atomic mass is 10.1. The van der Waals surface area contributed by atoms with Crippen molar-refractivity contribution in [1.29, 1.82) is 5.26 Å². The molecule has 0 aliphatic rings. The van der Waals surface area contributed by atoms with Crippen LogP contribution in [0.1, 0.15) is 23.2 Å². The maximum atomic E-state index is 10.8. The third-order valence-corrected chi connectivity index (χ3v) is 3.92. The van der Waals surface area contributed by atoms with E-state index < -0.39 is 5.97 Å². The van der Waals surface area contributed by atoms with Gasteiger partial charge in [-0.1, -0.05) is 12.1 Å². The van der Waals surface area contributed by atoms with E-state index in [0.717, 1.165) is 16.4 Å². The number of anilines is 1. The van der Waals surface area contributed by atoms with Gasteiger partial charge >= 0.3 is 5.97 Å². The van der Waals surface area contributed by atoms with E-state index in [9.17, 15) is 4.79 Å². The van der Waals surface area contributed by atoms with Crippen LogP contribution in [0.2, 0.25) is 0 Å². The number of aryl methyl sites for hydroxylation is 1. The maximum Gasteiger partial charge on any atom is 0.305 e. The van der Waals surface area contributed by atoms with Crippen LogP contribution in [0.15, 0.2) is 29.6 Å². The lowest BCUT2D eigenvalue weighted by Gasteiger charge is -2.21. The summed E-state index contributed by atoms with van der Waals surface area (Å²) in [6, 6.07) is 9.43. The van der Waals surface area contributed by atoms with Crippen LogP contribution in [-0.4, -0.2) is 22.6 Å². The number of hydrogen-bond acceptors (Lipinski definition) is 5. The molecule has 0 spiro atoms. The van der Waals surface area contributed by atoms with Crippen LogP contribution in [0.25, 0.3) is 0 Å². The number of benzene rings is 1. The maximum absolute atomic E-state index is 10.8. The molecule has 1 heterocycles. The highest BCUT2D eigenvalue weighted by Gasteiger charge is 2.13. The Hall–Kier alpha value is -2.39. The average molecular weight is 301 g/mol. The molecule has 0 amide bonds. The second-order valence-electron chi connectivity index (χ2n) is 4.65. The lowest BCUT2D eigenvalue weighted by molar-refractivity contribution is -0.136. The van der Waals surface area contributed by atoms with Crippen LogP contribution in [0.4, 0.5) is 5.13 Å². The number of thiazole rings is 1. The molecular formula is C15H15N3O2S. The van der Waals surface area contributed by atoms with E-state index in [2.05, 4.69) is 11.1 Å². The van der Waals surface area contributed by atoms with Gasteiger partial charge in [-0.15, -0.1) is 11.3 Å². The molecule has 0 unspecified atom stereocenters. The summed E-state index contributed by atoms with van der Waals surface area (Å²) in [7, 11) is 0. The number of nitriles is 1. The van der Waals surface area contributed by atoms with Gasteiger partial charge in [0.2, 0.25) is 0 Å². The van der Waals surface area contributed by atoms with E-state index in [1.807, 2.05) is 35.4 Å². The number of carbonyl (C=O) groups is 1. The van der Waals surface area contributed by atoms with Gasteiger partial charge in [-0.3, -0.25) is 4.79 Å². The standard InChI is InChI=1S/C15H15N3O2S/c1-11-10-21-15(17-11)18(6-5-14(19)20)9-13-4-2-3-12(7-13)8-16/h2-4,7,10H,5-6,9H2,1H3,(H,19,20). The molecule has 2 aromatic rings. The van der Waals surface area contributed by atoms with Crippen molar-refractivity contribution in [2.24, 2.45) is 0 Å². The molecule has 1 aromatic heterocycles. The fourth-order valence-electron chi connectivity index (χ4n) is 1.92. The molecule has 0 aliphatic heterocycles. The van der Waals surface area contributed by atoms with Gasteiger partial charge in [0.1, 0.15) is 0 Å². The average Bonchev–Trinajstić information content (AvgIpc) is 2.90. The quantitative estimate of drug-likeness (QED) is 0.887. The van der Waals surface area contributed by atoms with Crippen molar-refractivity contribution in [3.63, 3.8) is 0 Å². The Balaban J connectivity index is 2.18. The van der Waals surface area contributed by atoms with E-state index in [1.54, 1.807) is 6.07 Å². The summed E-state index contributed by atoms with van der Waals surface area (Å²) in [6.07, 6.45) is 0.0522. The highest BCUT2D eigenvalue weighted by Crippen LogP contribution is 2.22. The van der Waals surface area contributed by atoms with Crippen LogP contribution in [-0.2, 0) is 11.3 Å². The van der Waals surface area contributed by atoms with Crippen LogP contribution >= 0.6 is 11.3 Å². The Morgan fingerprint density at radius 2 is 2.33 bits per heavy atom. The Bertz CT molecular complexity index is 676. The molecule has 0 saturated carbocycles. The highest BCUT2D eigenvalue weighted by atomic mass is 32.1. The highest BCUT2D eigenvalue weighted by molar-refractivity contribution is 7.13. The zero-order valence-corrected chi connectivity index (χ0v) is 12.4. The van der Waals surface area contributed by atoms with E-state index in [1.165, 1.54) is 11.3 Å². The molecule has 2 rings (SSSR count). The van der Waals surface area contributed by atoms with Crippen molar-refractivity contribution in [2.75, 3.05) is 11.4 Å². The van der Waals surface area contributed by atoms with Crippen molar-refractivity contribution in [2.45, 2.75) is 19.9 Å². The van der Waals surface area contributed by atoms with E-state index >= 15 is 0 Å². The van der Waals surface area contributed by atoms with Crippen LogP contribution in [0.3, 0.4) is 0 Å². The molecule has 0 saturated heterocycles. The number of rotatable bonds is 6. The predicted octanol–water partition coefficient (Wildman–Crippen LogP) is 2.80. The number of carboxylic acid groups (broad SMARTS) is 1. The van der Waals surface area contributed by atoms with Gasteiger partial charge in [-0.25, -0.2) is 4.98 Å². The topological polar surface area (TPSA) is 77.2 Å². The Kier molecular flexibility index (Phi) is 4.90. The number of aliphatic carboxylic acids is 1. The van der Waals surface area contributed by atoms with Gasteiger partial charge in [-0.05, 0) is 24.6 Å². The summed E-state index contributed by atoms with van der Waals surface area (Å²) in [4.78, 5) is 17.2. The van der Waals surface area contributed by atoms with Crippen molar-refractivity contribution < 1.29 is 9.90 Å². The summed E-state index contributed by atoms with van der Waals surface area (Å²) in [6.45, 7) is 2.83. The number of aromatic nitrogens is 1. The summed E-state index contributed by atoms with van der Waals surface area (Å²) >= 11 is 1.50. The summed E-state index contributed by atoms with van der Waals surface area (Å²) < 4.78 is 0. The molecule has 0 aliphatic carbocycles. The molecule has 1 N–H and O–H groups in total. The molecular weight excluding hydrogens is 286 g/mol. The molecule has 0 bridgehead atoms. The number of carboxylic acids is 1. The third-order valence-electron chi connectivity index (χ3n) is 2.90. The summed E-state index contributed by atoms with van der Waals surface area (Å²) in [5, 5.41) is 20.6. The molecule has 108 valence electrons. The Morgan fingerprint density at radius 1 is 1.52 bits per heavy atom. The van der Waals surface area contributed by atoms with Gasteiger partial charge in [0.15, 0.2) is 5.13 Å².